The lowest BCUT2D eigenvalue weighted by molar-refractivity contribution is -0.128. The second-order valence-electron chi connectivity index (χ2n) is 5.30. The minimum absolute atomic E-state index is 0.186. The number of amides is 1. The number of carbonyl (C=O) groups is 1. The van der Waals surface area contributed by atoms with E-state index in [0.717, 1.165) is 25.9 Å². The quantitative estimate of drug-likeness (QED) is 0.890. The maximum absolute atomic E-state index is 11.7. The van der Waals surface area contributed by atoms with Gasteiger partial charge in [0.25, 0.3) is 0 Å². The van der Waals surface area contributed by atoms with Crippen LogP contribution in [-0.4, -0.2) is 38.0 Å². The summed E-state index contributed by atoms with van der Waals surface area (Å²) >= 11 is 0. The summed E-state index contributed by atoms with van der Waals surface area (Å²) in [5.74, 6) is 0.186. The Labute approximate surface area is 115 Å². The van der Waals surface area contributed by atoms with Gasteiger partial charge >= 0.3 is 0 Å². The van der Waals surface area contributed by atoms with Crippen molar-refractivity contribution in [1.29, 1.82) is 0 Å². The van der Waals surface area contributed by atoms with Crippen LogP contribution in [0.4, 0.5) is 5.69 Å². The van der Waals surface area contributed by atoms with Gasteiger partial charge in [-0.05, 0) is 30.0 Å². The van der Waals surface area contributed by atoms with Gasteiger partial charge in [0.2, 0.25) is 5.91 Å². The highest BCUT2D eigenvalue weighted by Gasteiger charge is 2.18. The molecule has 0 saturated heterocycles. The molecule has 0 radical (unpaired) electrons. The van der Waals surface area contributed by atoms with Gasteiger partial charge in [-0.25, -0.2) is 0 Å². The molecule has 0 spiro atoms. The summed E-state index contributed by atoms with van der Waals surface area (Å²) in [6, 6.07) is 6.44. The van der Waals surface area contributed by atoms with Gasteiger partial charge in [0.1, 0.15) is 0 Å². The van der Waals surface area contributed by atoms with E-state index in [9.17, 15) is 4.79 Å². The molecule has 1 amide bonds. The van der Waals surface area contributed by atoms with Gasteiger partial charge in [-0.2, -0.15) is 0 Å². The van der Waals surface area contributed by atoms with Gasteiger partial charge in [-0.3, -0.25) is 4.79 Å². The predicted octanol–water partition coefficient (Wildman–Crippen LogP) is 1.38. The number of fused-ring (bicyclic) bond motifs is 1. The Balaban J connectivity index is 2.07. The number of aryl methyl sites for hydroxylation is 1. The predicted molar refractivity (Wildman–Crippen MR) is 78.2 cm³/mol. The number of carbonyl (C=O) groups excluding carboxylic acids is 1. The average molecular weight is 261 g/mol. The van der Waals surface area contributed by atoms with Gasteiger partial charge in [0, 0.05) is 45.8 Å². The lowest BCUT2D eigenvalue weighted by atomic mass is 9.99. The molecule has 1 aromatic carbocycles. The van der Waals surface area contributed by atoms with E-state index < -0.39 is 0 Å². The highest BCUT2D eigenvalue weighted by atomic mass is 16.2. The van der Waals surface area contributed by atoms with Gasteiger partial charge in [-0.1, -0.05) is 12.1 Å². The van der Waals surface area contributed by atoms with Crippen LogP contribution in [0, 0.1) is 0 Å². The molecule has 1 aliphatic rings. The fourth-order valence-corrected chi connectivity index (χ4v) is 2.54. The van der Waals surface area contributed by atoms with Crippen LogP contribution < -0.4 is 10.6 Å². The lowest BCUT2D eigenvalue weighted by Gasteiger charge is -2.31. The number of anilines is 1. The lowest BCUT2D eigenvalue weighted by Crippen LogP contribution is -2.33. The molecule has 4 nitrogen and oxygen atoms in total. The summed E-state index contributed by atoms with van der Waals surface area (Å²) in [7, 11) is 3.61. The van der Waals surface area contributed by atoms with E-state index in [1.165, 1.54) is 16.8 Å². The third-order valence-corrected chi connectivity index (χ3v) is 3.69. The smallest absolute Gasteiger partial charge is 0.223 e. The molecule has 19 heavy (non-hydrogen) atoms. The molecule has 1 heterocycles. The SMILES string of the molecule is CN(C)C(=O)CCN1CCCc2cc(CN)ccc21. The van der Waals surface area contributed by atoms with Crippen LogP contribution in [0.25, 0.3) is 0 Å². The van der Waals surface area contributed by atoms with Crippen LogP contribution in [0.2, 0.25) is 0 Å². The molecule has 0 aliphatic carbocycles. The van der Waals surface area contributed by atoms with Gasteiger partial charge in [0.05, 0.1) is 0 Å². The van der Waals surface area contributed by atoms with Crippen molar-refractivity contribution in [3.63, 3.8) is 0 Å². The van der Waals surface area contributed by atoms with Crippen LogP contribution in [-0.2, 0) is 17.8 Å². The van der Waals surface area contributed by atoms with E-state index in [-0.39, 0.29) is 5.91 Å². The second-order valence-corrected chi connectivity index (χ2v) is 5.30. The topological polar surface area (TPSA) is 49.6 Å². The van der Waals surface area contributed by atoms with Crippen LogP contribution >= 0.6 is 0 Å². The molecule has 0 fully saturated rings. The number of nitrogens with two attached hydrogens (primary N) is 1. The monoisotopic (exact) mass is 261 g/mol. The molecule has 1 aliphatic heterocycles. The molecular formula is C15H23N3O. The highest BCUT2D eigenvalue weighted by molar-refractivity contribution is 5.76. The largest absolute Gasteiger partial charge is 0.371 e. The van der Waals surface area contributed by atoms with Crippen molar-refractivity contribution in [2.75, 3.05) is 32.1 Å². The van der Waals surface area contributed by atoms with Crippen molar-refractivity contribution in [2.24, 2.45) is 5.73 Å². The number of hydrogen-bond donors (Lipinski definition) is 1. The summed E-state index contributed by atoms with van der Waals surface area (Å²) < 4.78 is 0. The average Bonchev–Trinajstić information content (AvgIpc) is 2.43. The number of rotatable bonds is 4. The molecule has 104 valence electrons. The van der Waals surface area contributed by atoms with Gasteiger partial charge in [-0.15, -0.1) is 0 Å². The maximum atomic E-state index is 11.7. The third-order valence-electron chi connectivity index (χ3n) is 3.69. The highest BCUT2D eigenvalue weighted by Crippen LogP contribution is 2.28. The Morgan fingerprint density at radius 1 is 1.42 bits per heavy atom. The van der Waals surface area contributed by atoms with Crippen molar-refractivity contribution in [2.45, 2.75) is 25.8 Å². The maximum Gasteiger partial charge on any atom is 0.223 e. The summed E-state index contributed by atoms with van der Waals surface area (Å²) in [4.78, 5) is 15.7. The van der Waals surface area contributed by atoms with Crippen molar-refractivity contribution < 1.29 is 4.79 Å². The molecule has 4 heteroatoms. The summed E-state index contributed by atoms with van der Waals surface area (Å²) in [6.07, 6.45) is 2.84. The summed E-state index contributed by atoms with van der Waals surface area (Å²) in [5.41, 5.74) is 9.51. The molecule has 0 unspecified atom stereocenters. The minimum Gasteiger partial charge on any atom is -0.371 e. The normalized spacial score (nSPS) is 14.2. The van der Waals surface area contributed by atoms with Gasteiger partial charge < -0.3 is 15.5 Å². The Morgan fingerprint density at radius 3 is 2.89 bits per heavy atom. The molecule has 2 N–H and O–H groups in total. The first-order chi connectivity index (χ1) is 9.11. The van der Waals surface area contributed by atoms with Gasteiger partial charge in [0.15, 0.2) is 0 Å². The molecule has 0 aromatic heterocycles. The van der Waals surface area contributed by atoms with Crippen molar-refractivity contribution in [1.82, 2.24) is 4.90 Å². The first-order valence-corrected chi connectivity index (χ1v) is 6.89. The molecular weight excluding hydrogens is 238 g/mol. The fourth-order valence-electron chi connectivity index (χ4n) is 2.54. The van der Waals surface area contributed by atoms with E-state index in [4.69, 9.17) is 5.73 Å². The van der Waals surface area contributed by atoms with Crippen molar-refractivity contribution >= 4 is 11.6 Å². The zero-order valence-corrected chi connectivity index (χ0v) is 11.9. The Bertz CT molecular complexity index is 457. The van der Waals surface area contributed by atoms with E-state index in [2.05, 4.69) is 23.1 Å². The van der Waals surface area contributed by atoms with E-state index in [1.807, 2.05) is 0 Å². The standard InChI is InChI=1S/C15H23N3O/c1-17(2)15(19)7-9-18-8-3-4-13-10-12(11-16)5-6-14(13)18/h5-6,10H,3-4,7-9,11,16H2,1-2H3. The fraction of sp³-hybridized carbons (Fsp3) is 0.533. The van der Waals surface area contributed by atoms with E-state index >= 15 is 0 Å². The van der Waals surface area contributed by atoms with Crippen LogP contribution in [0.15, 0.2) is 18.2 Å². The van der Waals surface area contributed by atoms with E-state index in [1.54, 1.807) is 19.0 Å². The zero-order chi connectivity index (χ0) is 13.8. The Hall–Kier alpha value is -1.55. The summed E-state index contributed by atoms with van der Waals surface area (Å²) in [6.45, 7) is 2.42. The van der Waals surface area contributed by atoms with Crippen LogP contribution in [0.3, 0.4) is 0 Å². The Kier molecular flexibility index (Phi) is 4.43. The van der Waals surface area contributed by atoms with Crippen LogP contribution in [0.5, 0.6) is 0 Å². The first-order valence-electron chi connectivity index (χ1n) is 6.89. The minimum atomic E-state index is 0.186. The van der Waals surface area contributed by atoms with Crippen molar-refractivity contribution in [3.05, 3.63) is 29.3 Å². The number of hydrogen-bond acceptors (Lipinski definition) is 3. The third kappa shape index (κ3) is 3.26. The second kappa shape index (κ2) is 6.06. The summed E-state index contributed by atoms with van der Waals surface area (Å²) in [5, 5.41) is 0. The molecule has 0 bridgehead atoms. The van der Waals surface area contributed by atoms with Crippen LogP contribution in [0.1, 0.15) is 24.0 Å². The Morgan fingerprint density at radius 2 is 2.21 bits per heavy atom. The first kappa shape index (κ1) is 13.9. The zero-order valence-electron chi connectivity index (χ0n) is 11.9. The van der Waals surface area contributed by atoms with Crippen molar-refractivity contribution in [3.8, 4) is 0 Å². The number of nitrogens with zero attached hydrogens (tertiary/aromatic N) is 2. The molecule has 0 atom stereocenters. The molecule has 0 saturated carbocycles. The number of benzene rings is 1. The van der Waals surface area contributed by atoms with E-state index in [0.29, 0.717) is 13.0 Å². The molecule has 2 rings (SSSR count). The molecule has 1 aromatic rings.